The van der Waals surface area contributed by atoms with E-state index in [9.17, 15) is 4.39 Å². The monoisotopic (exact) mass is 328 g/mol. The standard InChI is InChI=1S/C17H26BrF/c1-2-3-4-5-6-7-9-16(14-18)12-15-10-8-11-17(19)13-15/h8,10-11,13,16H,2-7,9,12,14H2,1H3. The Morgan fingerprint density at radius 1 is 1.11 bits per heavy atom. The van der Waals surface area contributed by atoms with Gasteiger partial charge in [0, 0.05) is 5.33 Å². The van der Waals surface area contributed by atoms with Crippen molar-refractivity contribution in [2.45, 2.75) is 58.3 Å². The highest BCUT2D eigenvalue weighted by Crippen LogP contribution is 2.19. The van der Waals surface area contributed by atoms with Gasteiger partial charge in [0.25, 0.3) is 0 Å². The number of benzene rings is 1. The van der Waals surface area contributed by atoms with Crippen LogP contribution in [-0.4, -0.2) is 5.33 Å². The minimum atomic E-state index is -0.120. The zero-order valence-electron chi connectivity index (χ0n) is 12.0. The molecule has 0 aromatic heterocycles. The molecule has 0 N–H and O–H groups in total. The summed E-state index contributed by atoms with van der Waals surface area (Å²) in [4.78, 5) is 0. The van der Waals surface area contributed by atoms with Crippen LogP contribution in [0.4, 0.5) is 4.39 Å². The fraction of sp³-hybridized carbons (Fsp3) is 0.647. The lowest BCUT2D eigenvalue weighted by Gasteiger charge is -2.14. The van der Waals surface area contributed by atoms with Crippen LogP contribution in [0.5, 0.6) is 0 Å². The minimum absolute atomic E-state index is 0.120. The number of rotatable bonds is 10. The van der Waals surface area contributed by atoms with Gasteiger partial charge < -0.3 is 0 Å². The quantitative estimate of drug-likeness (QED) is 0.358. The van der Waals surface area contributed by atoms with Crippen molar-refractivity contribution in [3.05, 3.63) is 35.6 Å². The molecule has 1 rings (SSSR count). The maximum absolute atomic E-state index is 13.1. The summed E-state index contributed by atoms with van der Waals surface area (Å²) >= 11 is 3.59. The third-order valence-corrected chi connectivity index (χ3v) is 4.51. The van der Waals surface area contributed by atoms with E-state index in [0.29, 0.717) is 5.92 Å². The summed E-state index contributed by atoms with van der Waals surface area (Å²) in [6.45, 7) is 2.25. The van der Waals surface area contributed by atoms with Gasteiger partial charge in [-0.05, 0) is 36.5 Å². The van der Waals surface area contributed by atoms with Crippen LogP contribution in [0.1, 0.15) is 57.4 Å². The average Bonchev–Trinajstić information content (AvgIpc) is 2.41. The molecule has 2 heteroatoms. The molecule has 0 nitrogen and oxygen atoms in total. The highest BCUT2D eigenvalue weighted by Gasteiger charge is 2.08. The number of halogens is 2. The fourth-order valence-corrected chi connectivity index (χ4v) is 3.00. The van der Waals surface area contributed by atoms with Crippen LogP contribution in [0, 0.1) is 11.7 Å². The van der Waals surface area contributed by atoms with Crippen LogP contribution < -0.4 is 0 Å². The number of hydrogen-bond donors (Lipinski definition) is 0. The Kier molecular flexibility index (Phi) is 9.15. The zero-order chi connectivity index (χ0) is 13.9. The molecule has 1 aromatic rings. The van der Waals surface area contributed by atoms with Gasteiger partial charge in [0.1, 0.15) is 5.82 Å². The van der Waals surface area contributed by atoms with E-state index in [4.69, 9.17) is 0 Å². The highest BCUT2D eigenvalue weighted by molar-refractivity contribution is 9.09. The number of unbranched alkanes of at least 4 members (excludes halogenated alkanes) is 5. The molecule has 0 bridgehead atoms. The Hall–Kier alpha value is -0.370. The van der Waals surface area contributed by atoms with E-state index in [1.165, 1.54) is 51.0 Å². The Labute approximate surface area is 125 Å². The lowest BCUT2D eigenvalue weighted by atomic mass is 9.95. The van der Waals surface area contributed by atoms with Gasteiger partial charge in [-0.1, -0.05) is 73.5 Å². The normalized spacial score (nSPS) is 12.6. The van der Waals surface area contributed by atoms with Gasteiger partial charge in [-0.3, -0.25) is 0 Å². The summed E-state index contributed by atoms with van der Waals surface area (Å²) in [5.74, 6) is 0.512. The predicted octanol–water partition coefficient (Wildman–Crippen LogP) is 6.13. The Morgan fingerprint density at radius 3 is 2.53 bits per heavy atom. The highest BCUT2D eigenvalue weighted by atomic mass is 79.9. The van der Waals surface area contributed by atoms with Crippen LogP contribution in [0.2, 0.25) is 0 Å². The maximum atomic E-state index is 13.1. The smallest absolute Gasteiger partial charge is 0.123 e. The molecule has 108 valence electrons. The predicted molar refractivity (Wildman–Crippen MR) is 85.4 cm³/mol. The molecule has 0 saturated carbocycles. The van der Waals surface area contributed by atoms with E-state index < -0.39 is 0 Å². The first kappa shape index (κ1) is 16.7. The van der Waals surface area contributed by atoms with Crippen molar-refractivity contribution in [2.75, 3.05) is 5.33 Å². The van der Waals surface area contributed by atoms with Gasteiger partial charge in [-0.15, -0.1) is 0 Å². The van der Waals surface area contributed by atoms with Crippen molar-refractivity contribution in [1.29, 1.82) is 0 Å². The summed E-state index contributed by atoms with van der Waals surface area (Å²) < 4.78 is 13.1. The SMILES string of the molecule is CCCCCCCCC(CBr)Cc1cccc(F)c1. The second-order valence-corrected chi connectivity index (χ2v) is 6.06. The Balaban J connectivity index is 2.22. The van der Waals surface area contributed by atoms with Crippen molar-refractivity contribution in [2.24, 2.45) is 5.92 Å². The molecule has 0 heterocycles. The first-order valence-corrected chi connectivity index (χ1v) is 8.68. The van der Waals surface area contributed by atoms with E-state index in [0.717, 1.165) is 17.3 Å². The molecule has 0 fully saturated rings. The van der Waals surface area contributed by atoms with Gasteiger partial charge in [-0.25, -0.2) is 4.39 Å². The van der Waals surface area contributed by atoms with E-state index in [2.05, 4.69) is 22.9 Å². The summed E-state index contributed by atoms with van der Waals surface area (Å²) in [5.41, 5.74) is 1.12. The van der Waals surface area contributed by atoms with Crippen LogP contribution in [0.25, 0.3) is 0 Å². The zero-order valence-corrected chi connectivity index (χ0v) is 13.6. The van der Waals surface area contributed by atoms with E-state index in [-0.39, 0.29) is 5.82 Å². The Bertz CT molecular complexity index is 338. The maximum Gasteiger partial charge on any atom is 0.123 e. The first-order valence-electron chi connectivity index (χ1n) is 7.56. The molecule has 0 aliphatic rings. The van der Waals surface area contributed by atoms with Crippen molar-refractivity contribution < 1.29 is 4.39 Å². The first-order chi connectivity index (χ1) is 9.26. The molecule has 1 unspecified atom stereocenters. The number of hydrogen-bond acceptors (Lipinski definition) is 0. The largest absolute Gasteiger partial charge is 0.207 e. The summed E-state index contributed by atoms with van der Waals surface area (Å²) in [6.07, 6.45) is 10.3. The van der Waals surface area contributed by atoms with E-state index >= 15 is 0 Å². The molecule has 0 saturated heterocycles. The minimum Gasteiger partial charge on any atom is -0.207 e. The van der Waals surface area contributed by atoms with Crippen LogP contribution in [0.3, 0.4) is 0 Å². The topological polar surface area (TPSA) is 0 Å². The molecule has 0 spiro atoms. The van der Waals surface area contributed by atoms with Gasteiger partial charge in [0.05, 0.1) is 0 Å². The van der Waals surface area contributed by atoms with E-state index in [1.807, 2.05) is 6.07 Å². The summed E-state index contributed by atoms with van der Waals surface area (Å²) in [7, 11) is 0. The molecule has 0 aliphatic heterocycles. The third-order valence-electron chi connectivity index (χ3n) is 3.60. The molecule has 0 amide bonds. The molecule has 1 atom stereocenters. The van der Waals surface area contributed by atoms with Crippen LogP contribution in [-0.2, 0) is 6.42 Å². The van der Waals surface area contributed by atoms with Crippen molar-refractivity contribution in [1.82, 2.24) is 0 Å². The third kappa shape index (κ3) is 7.71. The lowest BCUT2D eigenvalue weighted by Crippen LogP contribution is -2.06. The summed E-state index contributed by atoms with van der Waals surface area (Å²) in [6, 6.07) is 7.01. The van der Waals surface area contributed by atoms with Gasteiger partial charge in [0.2, 0.25) is 0 Å². The summed E-state index contributed by atoms with van der Waals surface area (Å²) in [5, 5.41) is 1.01. The lowest BCUT2D eigenvalue weighted by molar-refractivity contribution is 0.488. The fourth-order valence-electron chi connectivity index (χ4n) is 2.44. The second kappa shape index (κ2) is 10.4. The Morgan fingerprint density at radius 2 is 1.84 bits per heavy atom. The molecular formula is C17H26BrF. The average molecular weight is 329 g/mol. The van der Waals surface area contributed by atoms with Gasteiger partial charge >= 0.3 is 0 Å². The van der Waals surface area contributed by atoms with E-state index in [1.54, 1.807) is 12.1 Å². The van der Waals surface area contributed by atoms with Crippen LogP contribution >= 0.6 is 15.9 Å². The molecule has 19 heavy (non-hydrogen) atoms. The molecular weight excluding hydrogens is 303 g/mol. The van der Waals surface area contributed by atoms with Crippen molar-refractivity contribution in [3.8, 4) is 0 Å². The van der Waals surface area contributed by atoms with Gasteiger partial charge in [-0.2, -0.15) is 0 Å². The van der Waals surface area contributed by atoms with Gasteiger partial charge in [0.15, 0.2) is 0 Å². The molecule has 0 radical (unpaired) electrons. The second-order valence-electron chi connectivity index (χ2n) is 5.41. The van der Waals surface area contributed by atoms with Crippen LogP contribution in [0.15, 0.2) is 24.3 Å². The number of alkyl halides is 1. The molecule has 0 aliphatic carbocycles. The van der Waals surface area contributed by atoms with Crippen molar-refractivity contribution >= 4 is 15.9 Å². The molecule has 1 aromatic carbocycles. The van der Waals surface area contributed by atoms with Crippen molar-refractivity contribution in [3.63, 3.8) is 0 Å².